The molecule has 0 saturated carbocycles. The molecule has 4 nitrogen and oxygen atoms in total. The maximum atomic E-state index is 9.70. The number of para-hydroxylation sites is 1. The molecule has 0 radical (unpaired) electrons. The number of nitrogens with zero attached hydrogens (tertiary/aromatic N) is 1. The van der Waals surface area contributed by atoms with Crippen LogP contribution in [-0.2, 0) is 6.54 Å². The van der Waals surface area contributed by atoms with Crippen molar-refractivity contribution in [3.8, 4) is 5.75 Å². The molecule has 0 spiro atoms. The van der Waals surface area contributed by atoms with Crippen LogP contribution in [-0.4, -0.2) is 10.1 Å². The summed E-state index contributed by atoms with van der Waals surface area (Å²) < 4.78 is 5.43. The lowest BCUT2D eigenvalue weighted by molar-refractivity contribution is 0.469. The van der Waals surface area contributed by atoms with Gasteiger partial charge >= 0.3 is 0 Å². The molecule has 0 atom stereocenters. The van der Waals surface area contributed by atoms with E-state index in [4.69, 9.17) is 4.42 Å². The molecule has 19 heavy (non-hydrogen) atoms. The van der Waals surface area contributed by atoms with E-state index in [1.807, 2.05) is 43.3 Å². The van der Waals surface area contributed by atoms with Crippen LogP contribution in [0.2, 0.25) is 0 Å². The maximum Gasteiger partial charge on any atom is 0.192 e. The minimum Gasteiger partial charge on any atom is -0.508 e. The zero-order chi connectivity index (χ0) is 13.2. The Balaban J connectivity index is 1.80. The number of benzene rings is 2. The molecule has 1 aromatic heterocycles. The van der Waals surface area contributed by atoms with E-state index in [0.29, 0.717) is 18.2 Å². The summed E-state index contributed by atoms with van der Waals surface area (Å²) in [4.78, 5) is 4.29. The van der Waals surface area contributed by atoms with Crippen LogP contribution in [0.3, 0.4) is 0 Å². The minimum absolute atomic E-state index is 0.299. The highest BCUT2D eigenvalue weighted by Gasteiger charge is 2.04. The normalized spacial score (nSPS) is 10.8. The summed E-state index contributed by atoms with van der Waals surface area (Å²) in [5, 5.41) is 13.0. The molecule has 3 rings (SSSR count). The fourth-order valence-electron chi connectivity index (χ4n) is 2.01. The molecule has 3 aromatic rings. The molecule has 96 valence electrons. The van der Waals surface area contributed by atoms with E-state index in [9.17, 15) is 5.11 Å². The zero-order valence-electron chi connectivity index (χ0n) is 10.6. The number of anilines is 1. The second-order valence-electron chi connectivity index (χ2n) is 4.40. The second-order valence-corrected chi connectivity index (χ2v) is 4.40. The standard InChI is InChI=1S/C15H14N2O2/c1-10-17-13-8-12(6-7-15(13)19-10)16-9-11-4-2-3-5-14(11)18/h2-8,16,18H,9H2,1H3. The number of oxazole rings is 1. The third kappa shape index (κ3) is 2.38. The lowest BCUT2D eigenvalue weighted by atomic mass is 10.2. The molecule has 0 aliphatic rings. The van der Waals surface area contributed by atoms with Crippen molar-refractivity contribution in [1.82, 2.24) is 4.98 Å². The van der Waals surface area contributed by atoms with E-state index >= 15 is 0 Å². The van der Waals surface area contributed by atoms with Gasteiger partial charge in [-0.15, -0.1) is 0 Å². The van der Waals surface area contributed by atoms with Gasteiger partial charge in [-0.3, -0.25) is 0 Å². The fraction of sp³-hybridized carbons (Fsp3) is 0.133. The average Bonchev–Trinajstić information content (AvgIpc) is 2.77. The van der Waals surface area contributed by atoms with Gasteiger partial charge in [-0.2, -0.15) is 0 Å². The molecule has 2 aromatic carbocycles. The topological polar surface area (TPSA) is 58.3 Å². The molecule has 0 amide bonds. The lowest BCUT2D eigenvalue weighted by Crippen LogP contribution is -1.99. The third-order valence-electron chi connectivity index (χ3n) is 2.97. The second kappa shape index (κ2) is 4.65. The first-order valence-electron chi connectivity index (χ1n) is 6.10. The predicted molar refractivity (Wildman–Crippen MR) is 74.2 cm³/mol. The number of rotatable bonds is 3. The highest BCUT2D eigenvalue weighted by atomic mass is 16.3. The van der Waals surface area contributed by atoms with Crippen LogP contribution in [0.5, 0.6) is 5.75 Å². The Labute approximate surface area is 110 Å². The van der Waals surface area contributed by atoms with Gasteiger partial charge in [-0.1, -0.05) is 18.2 Å². The third-order valence-corrected chi connectivity index (χ3v) is 2.97. The molecule has 0 saturated heterocycles. The molecule has 0 unspecified atom stereocenters. The van der Waals surface area contributed by atoms with E-state index in [2.05, 4.69) is 10.3 Å². The first kappa shape index (κ1) is 11.6. The quantitative estimate of drug-likeness (QED) is 0.751. The van der Waals surface area contributed by atoms with Crippen molar-refractivity contribution in [3.05, 3.63) is 53.9 Å². The first-order valence-corrected chi connectivity index (χ1v) is 6.10. The van der Waals surface area contributed by atoms with Gasteiger partial charge in [0.1, 0.15) is 11.3 Å². The first-order chi connectivity index (χ1) is 9.22. The Bertz CT molecular complexity index is 719. The fourth-order valence-corrected chi connectivity index (χ4v) is 2.01. The van der Waals surface area contributed by atoms with Gasteiger partial charge < -0.3 is 14.8 Å². The molecule has 0 fully saturated rings. The van der Waals surface area contributed by atoms with E-state index in [0.717, 1.165) is 22.4 Å². The van der Waals surface area contributed by atoms with Crippen LogP contribution in [0.4, 0.5) is 5.69 Å². The summed E-state index contributed by atoms with van der Waals surface area (Å²) >= 11 is 0. The van der Waals surface area contributed by atoms with Gasteiger partial charge in [0.05, 0.1) is 0 Å². The highest BCUT2D eigenvalue weighted by molar-refractivity contribution is 5.77. The number of hydrogen-bond donors (Lipinski definition) is 2. The molecule has 1 heterocycles. The number of phenolic OH excluding ortho intramolecular Hbond substituents is 1. The molecule has 2 N–H and O–H groups in total. The van der Waals surface area contributed by atoms with Gasteiger partial charge in [-0.05, 0) is 24.3 Å². The van der Waals surface area contributed by atoms with Crippen LogP contribution in [0.25, 0.3) is 11.1 Å². The Morgan fingerprint density at radius 2 is 2.05 bits per heavy atom. The van der Waals surface area contributed by atoms with Crippen molar-refractivity contribution in [3.63, 3.8) is 0 Å². The van der Waals surface area contributed by atoms with Crippen molar-refractivity contribution in [2.24, 2.45) is 0 Å². The van der Waals surface area contributed by atoms with Crippen molar-refractivity contribution < 1.29 is 9.52 Å². The predicted octanol–water partition coefficient (Wildman–Crippen LogP) is 3.45. The van der Waals surface area contributed by atoms with Crippen molar-refractivity contribution in [2.75, 3.05) is 5.32 Å². The number of aryl methyl sites for hydroxylation is 1. The minimum atomic E-state index is 0.299. The molecular formula is C15H14N2O2. The zero-order valence-corrected chi connectivity index (χ0v) is 10.6. The summed E-state index contributed by atoms with van der Waals surface area (Å²) in [5.41, 5.74) is 3.42. The van der Waals surface area contributed by atoms with Crippen molar-refractivity contribution >= 4 is 16.8 Å². The van der Waals surface area contributed by atoms with Gasteiger partial charge in [0.25, 0.3) is 0 Å². The Morgan fingerprint density at radius 1 is 1.21 bits per heavy atom. The summed E-state index contributed by atoms with van der Waals surface area (Å²) in [5.74, 6) is 0.959. The molecular weight excluding hydrogens is 240 g/mol. The van der Waals surface area contributed by atoms with Gasteiger partial charge in [-0.25, -0.2) is 4.98 Å². The monoisotopic (exact) mass is 254 g/mol. The number of phenols is 1. The van der Waals surface area contributed by atoms with E-state index in [1.54, 1.807) is 6.07 Å². The molecule has 0 aliphatic heterocycles. The van der Waals surface area contributed by atoms with Gasteiger partial charge in [0, 0.05) is 24.7 Å². The molecule has 0 bridgehead atoms. The summed E-state index contributed by atoms with van der Waals surface area (Å²) in [7, 11) is 0. The largest absolute Gasteiger partial charge is 0.508 e. The average molecular weight is 254 g/mol. The summed E-state index contributed by atoms with van der Waals surface area (Å²) in [6, 6.07) is 13.0. The van der Waals surface area contributed by atoms with E-state index < -0.39 is 0 Å². The molecule has 4 heteroatoms. The van der Waals surface area contributed by atoms with Crippen LogP contribution >= 0.6 is 0 Å². The number of fused-ring (bicyclic) bond motifs is 1. The SMILES string of the molecule is Cc1nc2cc(NCc3ccccc3O)ccc2o1. The van der Waals surface area contributed by atoms with Crippen LogP contribution in [0.1, 0.15) is 11.5 Å². The van der Waals surface area contributed by atoms with Crippen LogP contribution in [0.15, 0.2) is 46.9 Å². The van der Waals surface area contributed by atoms with Gasteiger partial charge in [0.2, 0.25) is 0 Å². The Morgan fingerprint density at radius 3 is 2.89 bits per heavy atom. The number of hydrogen-bond acceptors (Lipinski definition) is 4. The lowest BCUT2D eigenvalue weighted by Gasteiger charge is -2.07. The summed E-state index contributed by atoms with van der Waals surface area (Å²) in [6.07, 6.45) is 0. The van der Waals surface area contributed by atoms with Crippen LogP contribution in [0, 0.1) is 6.92 Å². The Hall–Kier alpha value is -2.49. The van der Waals surface area contributed by atoms with E-state index in [1.165, 1.54) is 0 Å². The highest BCUT2D eigenvalue weighted by Crippen LogP contribution is 2.21. The number of aromatic nitrogens is 1. The van der Waals surface area contributed by atoms with Gasteiger partial charge in [0.15, 0.2) is 11.5 Å². The number of nitrogens with one attached hydrogen (secondary N) is 1. The summed E-state index contributed by atoms with van der Waals surface area (Å²) in [6.45, 7) is 2.39. The van der Waals surface area contributed by atoms with Crippen molar-refractivity contribution in [1.29, 1.82) is 0 Å². The Kier molecular flexibility index (Phi) is 2.83. The molecule has 0 aliphatic carbocycles. The smallest absolute Gasteiger partial charge is 0.192 e. The van der Waals surface area contributed by atoms with Crippen LogP contribution < -0.4 is 5.32 Å². The van der Waals surface area contributed by atoms with Crippen molar-refractivity contribution in [2.45, 2.75) is 13.5 Å². The van der Waals surface area contributed by atoms with E-state index in [-0.39, 0.29) is 0 Å². The number of aromatic hydroxyl groups is 1. The maximum absolute atomic E-state index is 9.70.